The fraction of sp³-hybridized carbons (Fsp3) is 0.556. The molecule has 0 radical (unpaired) electrons. The quantitative estimate of drug-likeness (QED) is 0.751. The standard InChI is InChI=1S/C9H14N4O3S/c1-6-8(5-11-12-6)17(15,16)13-4-2-3-7(13)9(10)14/h5,7H,2-4H2,1H3,(H2,10,14)(H,11,12). The number of nitrogens with zero attached hydrogens (tertiary/aromatic N) is 2. The van der Waals surface area contributed by atoms with Crippen molar-refractivity contribution in [3.8, 4) is 0 Å². The molecule has 7 nitrogen and oxygen atoms in total. The van der Waals surface area contributed by atoms with Crippen LogP contribution in [0.4, 0.5) is 0 Å². The molecule has 94 valence electrons. The predicted octanol–water partition coefficient (Wildman–Crippen LogP) is -0.643. The van der Waals surface area contributed by atoms with E-state index in [1.165, 1.54) is 6.20 Å². The van der Waals surface area contributed by atoms with Crippen molar-refractivity contribution in [2.24, 2.45) is 5.73 Å². The van der Waals surface area contributed by atoms with Crippen molar-refractivity contribution in [2.75, 3.05) is 6.54 Å². The molecule has 1 aromatic heterocycles. The molecule has 0 saturated carbocycles. The Kier molecular flexibility index (Phi) is 2.92. The van der Waals surface area contributed by atoms with Crippen LogP contribution >= 0.6 is 0 Å². The summed E-state index contributed by atoms with van der Waals surface area (Å²) >= 11 is 0. The van der Waals surface area contributed by atoms with Crippen LogP contribution in [0.25, 0.3) is 0 Å². The van der Waals surface area contributed by atoms with E-state index in [-0.39, 0.29) is 4.90 Å². The number of nitrogens with two attached hydrogens (primary N) is 1. The van der Waals surface area contributed by atoms with Gasteiger partial charge in [-0.2, -0.15) is 9.40 Å². The summed E-state index contributed by atoms with van der Waals surface area (Å²) in [6.45, 7) is 1.94. The Morgan fingerprint density at radius 2 is 2.35 bits per heavy atom. The lowest BCUT2D eigenvalue weighted by molar-refractivity contribution is -0.121. The molecular formula is C9H14N4O3S. The zero-order valence-electron chi connectivity index (χ0n) is 9.38. The lowest BCUT2D eigenvalue weighted by atomic mass is 10.2. The maximum absolute atomic E-state index is 12.3. The Balaban J connectivity index is 2.40. The van der Waals surface area contributed by atoms with Crippen LogP contribution in [0.5, 0.6) is 0 Å². The van der Waals surface area contributed by atoms with Gasteiger partial charge in [-0.15, -0.1) is 0 Å². The van der Waals surface area contributed by atoms with Crippen LogP contribution in [0.15, 0.2) is 11.1 Å². The molecule has 2 heterocycles. The molecule has 17 heavy (non-hydrogen) atoms. The Morgan fingerprint density at radius 3 is 2.88 bits per heavy atom. The Labute approximate surface area is 99.0 Å². The first-order chi connectivity index (χ1) is 7.94. The number of amides is 1. The second kappa shape index (κ2) is 4.11. The first-order valence-electron chi connectivity index (χ1n) is 5.25. The van der Waals surface area contributed by atoms with Crippen molar-refractivity contribution in [1.29, 1.82) is 0 Å². The number of hydrogen-bond acceptors (Lipinski definition) is 4. The molecule has 1 aromatic rings. The summed E-state index contributed by atoms with van der Waals surface area (Å²) in [5.74, 6) is -0.604. The highest BCUT2D eigenvalue weighted by molar-refractivity contribution is 7.89. The fourth-order valence-corrected chi connectivity index (χ4v) is 3.82. The molecule has 1 saturated heterocycles. The van der Waals surface area contributed by atoms with Crippen LogP contribution in [0.1, 0.15) is 18.5 Å². The number of hydrogen-bond donors (Lipinski definition) is 2. The number of primary amides is 1. The highest BCUT2D eigenvalue weighted by Gasteiger charge is 2.39. The normalized spacial score (nSPS) is 21.8. The van der Waals surface area contributed by atoms with E-state index in [4.69, 9.17) is 5.73 Å². The van der Waals surface area contributed by atoms with Crippen LogP contribution in [0, 0.1) is 6.92 Å². The third-order valence-corrected chi connectivity index (χ3v) is 4.92. The Morgan fingerprint density at radius 1 is 1.65 bits per heavy atom. The largest absolute Gasteiger partial charge is 0.368 e. The third kappa shape index (κ3) is 1.93. The van der Waals surface area contributed by atoms with Gasteiger partial charge in [0.15, 0.2) is 0 Å². The molecule has 1 atom stereocenters. The van der Waals surface area contributed by atoms with Crippen LogP contribution in [-0.2, 0) is 14.8 Å². The summed E-state index contributed by atoms with van der Waals surface area (Å²) in [5, 5.41) is 6.25. The molecule has 1 amide bonds. The zero-order chi connectivity index (χ0) is 12.6. The molecule has 1 unspecified atom stereocenters. The molecule has 1 aliphatic rings. The first-order valence-corrected chi connectivity index (χ1v) is 6.69. The number of rotatable bonds is 3. The topological polar surface area (TPSA) is 109 Å². The number of nitrogens with one attached hydrogen (secondary N) is 1. The summed E-state index contributed by atoms with van der Waals surface area (Å²) < 4.78 is 25.7. The second-order valence-corrected chi connectivity index (χ2v) is 5.89. The number of carbonyl (C=O) groups excluding carboxylic acids is 1. The SMILES string of the molecule is Cc1[nH]ncc1S(=O)(=O)N1CCCC1C(N)=O. The van der Waals surface area contributed by atoms with Gasteiger partial charge in [0, 0.05) is 6.54 Å². The number of H-pyrrole nitrogens is 1. The van der Waals surface area contributed by atoms with Crippen molar-refractivity contribution < 1.29 is 13.2 Å². The van der Waals surface area contributed by atoms with Crippen LogP contribution in [-0.4, -0.2) is 41.4 Å². The maximum Gasteiger partial charge on any atom is 0.247 e. The van der Waals surface area contributed by atoms with Gasteiger partial charge in [0.05, 0.1) is 11.9 Å². The van der Waals surface area contributed by atoms with Gasteiger partial charge < -0.3 is 5.73 Å². The smallest absolute Gasteiger partial charge is 0.247 e. The van der Waals surface area contributed by atoms with Crippen molar-refractivity contribution >= 4 is 15.9 Å². The number of aromatic nitrogens is 2. The minimum Gasteiger partial charge on any atom is -0.368 e. The highest BCUT2D eigenvalue weighted by atomic mass is 32.2. The van der Waals surface area contributed by atoms with Gasteiger partial charge in [-0.05, 0) is 19.8 Å². The first kappa shape index (κ1) is 12.1. The Hall–Kier alpha value is -1.41. The number of carbonyl (C=O) groups is 1. The third-order valence-electron chi connectivity index (χ3n) is 2.90. The summed E-state index contributed by atoms with van der Waals surface area (Å²) in [7, 11) is -3.68. The van der Waals surface area contributed by atoms with Crippen molar-refractivity contribution in [1.82, 2.24) is 14.5 Å². The highest BCUT2D eigenvalue weighted by Crippen LogP contribution is 2.26. The van der Waals surface area contributed by atoms with E-state index in [9.17, 15) is 13.2 Å². The average molecular weight is 258 g/mol. The van der Waals surface area contributed by atoms with E-state index >= 15 is 0 Å². The summed E-state index contributed by atoms with van der Waals surface area (Å²) in [6.07, 6.45) is 2.37. The van der Waals surface area contributed by atoms with Crippen molar-refractivity contribution in [3.63, 3.8) is 0 Å². The van der Waals surface area contributed by atoms with E-state index in [1.807, 2.05) is 0 Å². The van der Waals surface area contributed by atoms with E-state index in [2.05, 4.69) is 10.2 Å². The van der Waals surface area contributed by atoms with Crippen LogP contribution < -0.4 is 5.73 Å². The van der Waals surface area contributed by atoms with E-state index < -0.39 is 22.0 Å². The average Bonchev–Trinajstić information content (AvgIpc) is 2.84. The number of aryl methyl sites for hydroxylation is 1. The fourth-order valence-electron chi connectivity index (χ4n) is 2.04. The molecule has 2 rings (SSSR count). The monoisotopic (exact) mass is 258 g/mol. The molecule has 0 aliphatic carbocycles. The van der Waals surface area contributed by atoms with E-state index in [1.54, 1.807) is 6.92 Å². The summed E-state index contributed by atoms with van der Waals surface area (Å²) in [6, 6.07) is -0.741. The molecular weight excluding hydrogens is 244 g/mol. The minimum atomic E-state index is -3.68. The van der Waals surface area contributed by atoms with Gasteiger partial charge in [0.1, 0.15) is 10.9 Å². The molecule has 0 aromatic carbocycles. The molecule has 1 fully saturated rings. The predicted molar refractivity (Wildman–Crippen MR) is 59.4 cm³/mol. The summed E-state index contributed by atoms with van der Waals surface area (Å²) in [5.41, 5.74) is 5.67. The van der Waals surface area contributed by atoms with Crippen LogP contribution in [0.2, 0.25) is 0 Å². The van der Waals surface area contributed by atoms with Gasteiger partial charge in [-0.3, -0.25) is 9.89 Å². The van der Waals surface area contributed by atoms with Gasteiger partial charge in [-0.25, -0.2) is 8.42 Å². The Bertz CT molecular complexity index is 536. The van der Waals surface area contributed by atoms with Gasteiger partial charge in [0.2, 0.25) is 15.9 Å². The van der Waals surface area contributed by atoms with E-state index in [0.29, 0.717) is 25.1 Å². The summed E-state index contributed by atoms with van der Waals surface area (Å²) in [4.78, 5) is 11.3. The maximum atomic E-state index is 12.3. The number of aromatic amines is 1. The lowest BCUT2D eigenvalue weighted by Gasteiger charge is -2.21. The van der Waals surface area contributed by atoms with E-state index in [0.717, 1.165) is 4.31 Å². The minimum absolute atomic E-state index is 0.102. The van der Waals surface area contributed by atoms with Gasteiger partial charge >= 0.3 is 0 Å². The zero-order valence-corrected chi connectivity index (χ0v) is 10.2. The van der Waals surface area contributed by atoms with Gasteiger partial charge in [0.25, 0.3) is 0 Å². The molecule has 0 spiro atoms. The molecule has 1 aliphatic heterocycles. The van der Waals surface area contributed by atoms with Gasteiger partial charge in [-0.1, -0.05) is 0 Å². The lowest BCUT2D eigenvalue weighted by Crippen LogP contribution is -2.43. The molecule has 8 heteroatoms. The molecule has 3 N–H and O–H groups in total. The van der Waals surface area contributed by atoms with Crippen molar-refractivity contribution in [2.45, 2.75) is 30.7 Å². The van der Waals surface area contributed by atoms with Crippen LogP contribution in [0.3, 0.4) is 0 Å². The number of sulfonamides is 1. The second-order valence-electron chi connectivity index (χ2n) is 4.04. The van der Waals surface area contributed by atoms with Crippen molar-refractivity contribution in [3.05, 3.63) is 11.9 Å². The molecule has 0 bridgehead atoms.